The smallest absolute Gasteiger partial charge is 0.240 e. The summed E-state index contributed by atoms with van der Waals surface area (Å²) in [6, 6.07) is 7.11. The molecule has 20 heavy (non-hydrogen) atoms. The SMILES string of the molecule is NC(=O)C[C@H](N)C(=O)N[C@@H](Cc1ccccc1)C(N)=O. The van der Waals surface area contributed by atoms with Crippen molar-refractivity contribution in [3.63, 3.8) is 0 Å². The normalized spacial score (nSPS) is 13.2. The van der Waals surface area contributed by atoms with Gasteiger partial charge in [0.1, 0.15) is 6.04 Å². The Kier molecular flexibility index (Phi) is 5.67. The standard InChI is InChI=1S/C13H18N4O3/c14-9(7-11(15)18)13(20)17-10(12(16)19)6-8-4-2-1-3-5-8/h1-5,9-10H,6-7,14H2,(H2,15,18)(H2,16,19)(H,17,20)/t9-,10-/m0/s1. The zero-order valence-electron chi connectivity index (χ0n) is 10.9. The van der Waals surface area contributed by atoms with Crippen LogP contribution in [0, 0.1) is 0 Å². The van der Waals surface area contributed by atoms with E-state index >= 15 is 0 Å². The summed E-state index contributed by atoms with van der Waals surface area (Å²) < 4.78 is 0. The molecule has 3 amide bonds. The number of carbonyl (C=O) groups is 3. The molecule has 0 aliphatic rings. The third-order valence-electron chi connectivity index (χ3n) is 2.70. The van der Waals surface area contributed by atoms with Crippen LogP contribution < -0.4 is 22.5 Å². The highest BCUT2D eigenvalue weighted by atomic mass is 16.2. The number of nitrogens with one attached hydrogen (secondary N) is 1. The lowest BCUT2D eigenvalue weighted by molar-refractivity contribution is -0.129. The zero-order chi connectivity index (χ0) is 15.1. The Labute approximate surface area is 116 Å². The molecule has 0 aromatic heterocycles. The van der Waals surface area contributed by atoms with Gasteiger partial charge in [-0.3, -0.25) is 14.4 Å². The van der Waals surface area contributed by atoms with Crippen LogP contribution in [0.2, 0.25) is 0 Å². The van der Waals surface area contributed by atoms with Crippen LogP contribution in [0.1, 0.15) is 12.0 Å². The van der Waals surface area contributed by atoms with Crippen LogP contribution in [0.5, 0.6) is 0 Å². The molecule has 0 aliphatic carbocycles. The van der Waals surface area contributed by atoms with Gasteiger partial charge in [-0.1, -0.05) is 30.3 Å². The molecule has 0 aliphatic heterocycles. The third-order valence-corrected chi connectivity index (χ3v) is 2.70. The van der Waals surface area contributed by atoms with Crippen LogP contribution in [-0.2, 0) is 20.8 Å². The molecule has 108 valence electrons. The summed E-state index contributed by atoms with van der Waals surface area (Å²) in [5, 5.41) is 2.42. The molecule has 0 saturated heterocycles. The second-order valence-electron chi connectivity index (χ2n) is 4.43. The highest BCUT2D eigenvalue weighted by Gasteiger charge is 2.23. The molecule has 0 spiro atoms. The van der Waals surface area contributed by atoms with Gasteiger partial charge in [0.05, 0.1) is 12.5 Å². The predicted octanol–water partition coefficient (Wildman–Crippen LogP) is -1.60. The van der Waals surface area contributed by atoms with E-state index in [0.29, 0.717) is 0 Å². The maximum absolute atomic E-state index is 11.7. The second-order valence-corrected chi connectivity index (χ2v) is 4.43. The minimum Gasteiger partial charge on any atom is -0.370 e. The molecule has 7 heteroatoms. The van der Waals surface area contributed by atoms with E-state index in [0.717, 1.165) is 5.56 Å². The fraction of sp³-hybridized carbons (Fsp3) is 0.308. The summed E-state index contributed by atoms with van der Waals surface area (Å²) in [6.45, 7) is 0. The Morgan fingerprint density at radius 1 is 1.10 bits per heavy atom. The van der Waals surface area contributed by atoms with Crippen molar-refractivity contribution in [2.75, 3.05) is 0 Å². The number of carbonyl (C=O) groups excluding carboxylic acids is 3. The van der Waals surface area contributed by atoms with Crippen molar-refractivity contribution in [3.05, 3.63) is 35.9 Å². The first-order chi connectivity index (χ1) is 9.40. The van der Waals surface area contributed by atoms with E-state index in [1.54, 1.807) is 0 Å². The lowest BCUT2D eigenvalue weighted by atomic mass is 10.0. The minimum absolute atomic E-state index is 0.255. The first-order valence-electron chi connectivity index (χ1n) is 6.07. The van der Waals surface area contributed by atoms with Crippen LogP contribution in [0.25, 0.3) is 0 Å². The summed E-state index contributed by atoms with van der Waals surface area (Å²) in [6.07, 6.45) is -0.0339. The largest absolute Gasteiger partial charge is 0.370 e. The quantitative estimate of drug-likeness (QED) is 0.476. The van der Waals surface area contributed by atoms with Gasteiger partial charge in [-0.05, 0) is 5.56 Å². The summed E-state index contributed by atoms with van der Waals surface area (Å²) in [5.74, 6) is -2.00. The summed E-state index contributed by atoms with van der Waals surface area (Å²) in [5.41, 5.74) is 16.5. The number of nitrogens with two attached hydrogens (primary N) is 3. The highest BCUT2D eigenvalue weighted by molar-refractivity contribution is 5.91. The van der Waals surface area contributed by atoms with Crippen molar-refractivity contribution in [3.8, 4) is 0 Å². The second kappa shape index (κ2) is 7.25. The molecule has 0 bridgehead atoms. The zero-order valence-corrected chi connectivity index (χ0v) is 10.9. The fourth-order valence-corrected chi connectivity index (χ4v) is 1.66. The number of primary amides is 2. The molecule has 1 aromatic rings. The van der Waals surface area contributed by atoms with Crippen molar-refractivity contribution in [2.45, 2.75) is 24.9 Å². The van der Waals surface area contributed by atoms with Gasteiger partial charge in [-0.15, -0.1) is 0 Å². The average molecular weight is 278 g/mol. The third kappa shape index (κ3) is 5.07. The molecule has 0 saturated carbocycles. The van der Waals surface area contributed by atoms with E-state index in [2.05, 4.69) is 5.32 Å². The van der Waals surface area contributed by atoms with Crippen molar-refractivity contribution < 1.29 is 14.4 Å². The van der Waals surface area contributed by atoms with Crippen molar-refractivity contribution in [1.29, 1.82) is 0 Å². The molecule has 0 heterocycles. The van der Waals surface area contributed by atoms with Gasteiger partial charge in [-0.25, -0.2) is 0 Å². The molecule has 0 fully saturated rings. The van der Waals surface area contributed by atoms with E-state index in [-0.39, 0.29) is 12.8 Å². The van der Waals surface area contributed by atoms with Gasteiger partial charge in [0, 0.05) is 6.42 Å². The summed E-state index contributed by atoms with van der Waals surface area (Å²) >= 11 is 0. The van der Waals surface area contributed by atoms with Crippen LogP contribution in [0.4, 0.5) is 0 Å². The van der Waals surface area contributed by atoms with Crippen LogP contribution in [0.3, 0.4) is 0 Å². The van der Waals surface area contributed by atoms with E-state index in [1.807, 2.05) is 30.3 Å². The lowest BCUT2D eigenvalue weighted by Crippen LogP contribution is -2.52. The number of amides is 3. The van der Waals surface area contributed by atoms with Crippen molar-refractivity contribution in [2.24, 2.45) is 17.2 Å². The lowest BCUT2D eigenvalue weighted by Gasteiger charge is -2.18. The molecule has 0 radical (unpaired) electrons. The average Bonchev–Trinajstić information content (AvgIpc) is 2.38. The van der Waals surface area contributed by atoms with Gasteiger partial charge in [-0.2, -0.15) is 0 Å². The Hall–Kier alpha value is -2.41. The van der Waals surface area contributed by atoms with E-state index in [4.69, 9.17) is 17.2 Å². The summed E-state index contributed by atoms with van der Waals surface area (Å²) in [4.78, 5) is 33.8. The van der Waals surface area contributed by atoms with Gasteiger partial charge < -0.3 is 22.5 Å². The van der Waals surface area contributed by atoms with E-state index in [1.165, 1.54) is 0 Å². The number of hydrogen-bond donors (Lipinski definition) is 4. The van der Waals surface area contributed by atoms with Crippen molar-refractivity contribution in [1.82, 2.24) is 5.32 Å². The maximum Gasteiger partial charge on any atom is 0.240 e. The van der Waals surface area contributed by atoms with E-state index < -0.39 is 29.8 Å². The van der Waals surface area contributed by atoms with Gasteiger partial charge in [0.15, 0.2) is 0 Å². The number of hydrogen-bond acceptors (Lipinski definition) is 4. The monoisotopic (exact) mass is 278 g/mol. The molecule has 0 unspecified atom stereocenters. The Morgan fingerprint density at radius 2 is 1.70 bits per heavy atom. The van der Waals surface area contributed by atoms with Gasteiger partial charge in [0.25, 0.3) is 0 Å². The van der Waals surface area contributed by atoms with Gasteiger partial charge >= 0.3 is 0 Å². The molecule has 7 nitrogen and oxygen atoms in total. The number of rotatable bonds is 7. The first-order valence-corrected chi connectivity index (χ1v) is 6.07. The molecule has 2 atom stereocenters. The fourth-order valence-electron chi connectivity index (χ4n) is 1.66. The Morgan fingerprint density at radius 3 is 2.20 bits per heavy atom. The maximum atomic E-state index is 11.7. The Balaban J connectivity index is 2.66. The van der Waals surface area contributed by atoms with Crippen LogP contribution in [0.15, 0.2) is 30.3 Å². The highest BCUT2D eigenvalue weighted by Crippen LogP contribution is 2.03. The predicted molar refractivity (Wildman–Crippen MR) is 73.1 cm³/mol. The molecule has 1 rings (SSSR count). The molecular weight excluding hydrogens is 260 g/mol. The topological polar surface area (TPSA) is 141 Å². The number of benzene rings is 1. The van der Waals surface area contributed by atoms with E-state index in [9.17, 15) is 14.4 Å². The van der Waals surface area contributed by atoms with Crippen LogP contribution >= 0.6 is 0 Å². The minimum atomic E-state index is -1.09. The molecular formula is C13H18N4O3. The van der Waals surface area contributed by atoms with Crippen molar-refractivity contribution >= 4 is 17.7 Å². The molecule has 7 N–H and O–H groups in total. The van der Waals surface area contributed by atoms with Crippen LogP contribution in [-0.4, -0.2) is 29.8 Å². The molecule has 1 aromatic carbocycles. The first kappa shape index (κ1) is 15.6. The summed E-state index contributed by atoms with van der Waals surface area (Å²) in [7, 11) is 0. The van der Waals surface area contributed by atoms with Gasteiger partial charge in [0.2, 0.25) is 17.7 Å². The Bertz CT molecular complexity index is 490.